The maximum atomic E-state index is 12.6. The van der Waals surface area contributed by atoms with Crippen molar-refractivity contribution >= 4 is 5.91 Å². The first kappa shape index (κ1) is 16.5. The molecule has 5 heteroatoms. The Bertz CT molecular complexity index is 573. The zero-order valence-corrected chi connectivity index (χ0v) is 14.8. The summed E-state index contributed by atoms with van der Waals surface area (Å²) >= 11 is 0. The fourth-order valence-corrected chi connectivity index (χ4v) is 3.87. The van der Waals surface area contributed by atoms with Crippen molar-refractivity contribution in [1.82, 2.24) is 14.5 Å². The van der Waals surface area contributed by atoms with Gasteiger partial charge in [0.05, 0.1) is 18.3 Å². The lowest BCUT2D eigenvalue weighted by atomic mass is 9.79. The molecule has 2 aliphatic rings. The lowest BCUT2D eigenvalue weighted by Crippen LogP contribution is -2.40. The largest absolute Gasteiger partial charge is 0.378 e. The maximum Gasteiger partial charge on any atom is 0.223 e. The number of fused-ring (bicyclic) bond motifs is 1. The van der Waals surface area contributed by atoms with Gasteiger partial charge in [-0.15, -0.1) is 0 Å². The van der Waals surface area contributed by atoms with Crippen LogP contribution in [0.4, 0.5) is 0 Å². The Morgan fingerprint density at radius 3 is 2.78 bits per heavy atom. The van der Waals surface area contributed by atoms with Crippen LogP contribution in [-0.2, 0) is 29.5 Å². The van der Waals surface area contributed by atoms with Crippen molar-refractivity contribution < 1.29 is 9.53 Å². The number of hydrogen-bond donors (Lipinski definition) is 0. The van der Waals surface area contributed by atoms with E-state index < -0.39 is 0 Å². The summed E-state index contributed by atoms with van der Waals surface area (Å²) in [5.41, 5.74) is 2.40. The molecule has 1 aliphatic carbocycles. The molecule has 23 heavy (non-hydrogen) atoms. The van der Waals surface area contributed by atoms with Crippen LogP contribution in [-0.4, -0.2) is 39.6 Å². The maximum absolute atomic E-state index is 12.6. The second kappa shape index (κ2) is 6.63. The number of hydrogen-bond acceptors (Lipinski definition) is 3. The van der Waals surface area contributed by atoms with Crippen LogP contribution in [0.25, 0.3) is 0 Å². The van der Waals surface area contributed by atoms with Crippen LogP contribution < -0.4 is 0 Å². The molecule has 1 amide bonds. The van der Waals surface area contributed by atoms with Crippen LogP contribution in [0.1, 0.15) is 63.2 Å². The van der Waals surface area contributed by atoms with Gasteiger partial charge in [0.15, 0.2) is 0 Å². The first-order chi connectivity index (χ1) is 11.0. The molecule has 1 fully saturated rings. The third kappa shape index (κ3) is 3.30. The molecule has 0 radical (unpaired) electrons. The van der Waals surface area contributed by atoms with E-state index in [1.165, 1.54) is 5.69 Å². The predicted octanol–water partition coefficient (Wildman–Crippen LogP) is 2.63. The second-order valence-corrected chi connectivity index (χ2v) is 7.26. The zero-order chi connectivity index (χ0) is 16.6. The molecule has 0 bridgehead atoms. The van der Waals surface area contributed by atoms with Crippen LogP contribution >= 0.6 is 0 Å². The third-order valence-electron chi connectivity index (χ3n) is 5.22. The molecule has 0 aromatic carbocycles. The molecule has 2 heterocycles. The van der Waals surface area contributed by atoms with Gasteiger partial charge in [-0.25, -0.2) is 4.98 Å². The highest BCUT2D eigenvalue weighted by Crippen LogP contribution is 2.33. The van der Waals surface area contributed by atoms with Crippen molar-refractivity contribution in [1.29, 1.82) is 0 Å². The monoisotopic (exact) mass is 319 g/mol. The number of aromatic nitrogens is 2. The molecule has 0 unspecified atom stereocenters. The minimum Gasteiger partial charge on any atom is -0.378 e. The zero-order valence-electron chi connectivity index (χ0n) is 14.8. The summed E-state index contributed by atoms with van der Waals surface area (Å²) < 4.78 is 7.80. The summed E-state index contributed by atoms with van der Waals surface area (Å²) in [6.45, 7) is 8.64. The van der Waals surface area contributed by atoms with Gasteiger partial charge in [-0.1, -0.05) is 13.8 Å². The first-order valence-corrected chi connectivity index (χ1v) is 8.93. The third-order valence-corrected chi connectivity index (χ3v) is 5.22. The van der Waals surface area contributed by atoms with Crippen molar-refractivity contribution in [3.8, 4) is 0 Å². The summed E-state index contributed by atoms with van der Waals surface area (Å²) in [4.78, 5) is 19.3. The number of imidazole rings is 1. The van der Waals surface area contributed by atoms with Crippen molar-refractivity contribution in [3.05, 3.63) is 17.2 Å². The summed E-state index contributed by atoms with van der Waals surface area (Å²) in [5, 5.41) is 0. The summed E-state index contributed by atoms with van der Waals surface area (Å²) in [6, 6.07) is 0. The fraction of sp³-hybridized carbons (Fsp3) is 0.778. The van der Waals surface area contributed by atoms with E-state index in [1.54, 1.807) is 0 Å². The van der Waals surface area contributed by atoms with E-state index in [4.69, 9.17) is 9.72 Å². The fourth-order valence-electron chi connectivity index (χ4n) is 3.87. The minimum atomic E-state index is 0.285. The van der Waals surface area contributed by atoms with Gasteiger partial charge in [0, 0.05) is 44.7 Å². The Labute approximate surface area is 139 Å². The Hall–Kier alpha value is -1.36. The van der Waals surface area contributed by atoms with Crippen LogP contribution in [0, 0.1) is 5.92 Å². The average Bonchev–Trinajstić information content (AvgIpc) is 2.82. The molecule has 0 N–H and O–H groups in total. The lowest BCUT2D eigenvalue weighted by molar-refractivity contribution is -0.135. The van der Waals surface area contributed by atoms with Gasteiger partial charge < -0.3 is 14.2 Å². The number of carbonyl (C=O) groups excluding carboxylic acids is 1. The van der Waals surface area contributed by atoms with E-state index in [9.17, 15) is 4.79 Å². The van der Waals surface area contributed by atoms with Crippen LogP contribution in [0.5, 0.6) is 0 Å². The molecule has 128 valence electrons. The van der Waals surface area contributed by atoms with Gasteiger partial charge in [0.25, 0.3) is 0 Å². The lowest BCUT2D eigenvalue weighted by Gasteiger charge is -2.36. The van der Waals surface area contributed by atoms with Gasteiger partial charge in [0.1, 0.15) is 5.82 Å². The van der Waals surface area contributed by atoms with E-state index in [1.807, 2.05) is 11.8 Å². The normalized spacial score (nSPS) is 23.8. The van der Waals surface area contributed by atoms with Crippen LogP contribution in [0.15, 0.2) is 0 Å². The highest BCUT2D eigenvalue weighted by atomic mass is 16.5. The highest BCUT2D eigenvalue weighted by Gasteiger charge is 2.33. The van der Waals surface area contributed by atoms with Crippen molar-refractivity contribution in [3.63, 3.8) is 0 Å². The van der Waals surface area contributed by atoms with Gasteiger partial charge in [-0.3, -0.25) is 4.79 Å². The molecular formula is C18H29N3O2. The standard InChI is InChI=1S/C18H29N3O2/c1-5-23-14-8-13(9-14)10-17(22)21-7-6-16-15(11-21)19-18(12(2)3)20(16)4/h12-14H,5-11H2,1-4H3. The topological polar surface area (TPSA) is 47.4 Å². The molecule has 1 aromatic heterocycles. The molecule has 3 rings (SSSR count). The quantitative estimate of drug-likeness (QED) is 0.838. The molecule has 1 saturated carbocycles. The molecule has 1 aromatic rings. The Morgan fingerprint density at radius 1 is 1.39 bits per heavy atom. The summed E-state index contributed by atoms with van der Waals surface area (Å²) in [7, 11) is 2.10. The smallest absolute Gasteiger partial charge is 0.223 e. The van der Waals surface area contributed by atoms with E-state index in [0.717, 1.165) is 43.9 Å². The van der Waals surface area contributed by atoms with Crippen molar-refractivity contribution in [2.45, 2.75) is 65.0 Å². The van der Waals surface area contributed by atoms with Crippen LogP contribution in [0.2, 0.25) is 0 Å². The van der Waals surface area contributed by atoms with Gasteiger partial charge in [-0.2, -0.15) is 0 Å². The van der Waals surface area contributed by atoms with Gasteiger partial charge in [-0.05, 0) is 25.7 Å². The predicted molar refractivity (Wildman–Crippen MR) is 89.2 cm³/mol. The number of nitrogens with zero attached hydrogens (tertiary/aromatic N) is 3. The molecule has 5 nitrogen and oxygen atoms in total. The number of carbonyl (C=O) groups is 1. The molecule has 0 saturated heterocycles. The molecule has 1 aliphatic heterocycles. The number of rotatable bonds is 5. The highest BCUT2D eigenvalue weighted by molar-refractivity contribution is 5.76. The Balaban J connectivity index is 1.57. The van der Waals surface area contributed by atoms with E-state index in [0.29, 0.717) is 30.9 Å². The molecule has 0 atom stereocenters. The summed E-state index contributed by atoms with van der Waals surface area (Å²) in [5.74, 6) is 2.34. The minimum absolute atomic E-state index is 0.285. The van der Waals surface area contributed by atoms with Crippen molar-refractivity contribution in [2.75, 3.05) is 13.2 Å². The number of ether oxygens (including phenoxy) is 1. The molecular weight excluding hydrogens is 290 g/mol. The first-order valence-electron chi connectivity index (χ1n) is 8.93. The molecule has 0 spiro atoms. The Morgan fingerprint density at radius 2 is 2.13 bits per heavy atom. The van der Waals surface area contributed by atoms with Crippen molar-refractivity contribution in [2.24, 2.45) is 13.0 Å². The van der Waals surface area contributed by atoms with Gasteiger partial charge in [0.2, 0.25) is 5.91 Å². The van der Waals surface area contributed by atoms with E-state index in [2.05, 4.69) is 25.5 Å². The Kier molecular flexibility index (Phi) is 4.76. The number of amides is 1. The van der Waals surface area contributed by atoms with Crippen LogP contribution in [0.3, 0.4) is 0 Å². The van der Waals surface area contributed by atoms with E-state index >= 15 is 0 Å². The van der Waals surface area contributed by atoms with E-state index in [-0.39, 0.29) is 5.91 Å². The van der Waals surface area contributed by atoms with Gasteiger partial charge >= 0.3 is 0 Å². The summed E-state index contributed by atoms with van der Waals surface area (Å²) in [6.07, 6.45) is 4.06. The average molecular weight is 319 g/mol. The second-order valence-electron chi connectivity index (χ2n) is 7.26. The SMILES string of the molecule is CCOC1CC(CC(=O)N2CCc3c(nc(C(C)C)n3C)C2)C1.